The van der Waals surface area contributed by atoms with Gasteiger partial charge in [0.25, 0.3) is 0 Å². The summed E-state index contributed by atoms with van der Waals surface area (Å²) in [6.07, 6.45) is 5.86. The number of hydrogen-bond acceptors (Lipinski definition) is 6. The van der Waals surface area contributed by atoms with E-state index in [1.807, 2.05) is 26.0 Å². The number of aromatic nitrogens is 1. The number of aryl methyl sites for hydroxylation is 2. The molecule has 5 rings (SSSR count). The number of rotatable bonds is 10. The van der Waals surface area contributed by atoms with Crippen LogP contribution in [0, 0.1) is 37.4 Å². The fourth-order valence-electron chi connectivity index (χ4n) is 5.88. The first-order valence-corrected chi connectivity index (χ1v) is 15.0. The van der Waals surface area contributed by atoms with Crippen LogP contribution < -0.4 is 4.74 Å². The number of carboxylic acid groups (broad SMARTS) is 1. The van der Waals surface area contributed by atoms with E-state index in [0.29, 0.717) is 23.6 Å². The lowest BCUT2D eigenvalue weighted by atomic mass is 9.90. The van der Waals surface area contributed by atoms with Crippen LogP contribution in [0.15, 0.2) is 59.7 Å². The predicted octanol–water partition coefficient (Wildman–Crippen LogP) is 4.98. The minimum absolute atomic E-state index is 0.0496. The zero-order valence-electron chi connectivity index (χ0n) is 22.2. The normalized spacial score (nSPS) is 23.5. The maximum Gasteiger partial charge on any atom is 0.307 e. The summed E-state index contributed by atoms with van der Waals surface area (Å²) in [5.74, 6) is -0.699. The maximum absolute atomic E-state index is 14.8. The molecule has 1 unspecified atom stereocenters. The third-order valence-electron chi connectivity index (χ3n) is 7.73. The second-order valence-electron chi connectivity index (χ2n) is 10.7. The predicted molar refractivity (Wildman–Crippen MR) is 146 cm³/mol. The Morgan fingerprint density at radius 2 is 2.03 bits per heavy atom. The number of hydrogen-bond donors (Lipinski definition) is 1. The molecule has 206 valence electrons. The number of fused-ring (bicyclic) bond motifs is 3. The van der Waals surface area contributed by atoms with Gasteiger partial charge in [0, 0.05) is 35.1 Å². The lowest BCUT2D eigenvalue weighted by Gasteiger charge is -2.23. The fraction of sp³-hybridized carbons (Fsp3) is 0.400. The molecule has 9 heteroatoms. The van der Waals surface area contributed by atoms with Gasteiger partial charge < -0.3 is 14.6 Å². The molecule has 3 aliphatic rings. The number of nitrogens with zero attached hydrogens (tertiary/aromatic N) is 1. The van der Waals surface area contributed by atoms with Crippen molar-refractivity contribution in [3.8, 4) is 17.0 Å². The Morgan fingerprint density at radius 3 is 2.72 bits per heavy atom. The van der Waals surface area contributed by atoms with E-state index >= 15 is 0 Å². The third kappa shape index (κ3) is 5.70. The van der Waals surface area contributed by atoms with Gasteiger partial charge in [-0.05, 0) is 78.7 Å². The first kappa shape index (κ1) is 27.3. The summed E-state index contributed by atoms with van der Waals surface area (Å²) >= 11 is 0. The molecule has 2 fully saturated rings. The van der Waals surface area contributed by atoms with Gasteiger partial charge in [0.15, 0.2) is 0 Å². The Morgan fingerprint density at radius 1 is 1.26 bits per heavy atom. The van der Waals surface area contributed by atoms with E-state index in [2.05, 4.69) is 11.6 Å². The molecular weight excluding hydrogens is 521 g/mol. The van der Waals surface area contributed by atoms with E-state index < -0.39 is 21.9 Å². The van der Waals surface area contributed by atoms with Crippen molar-refractivity contribution < 1.29 is 32.2 Å². The SMILES string of the molecule is C=C1C=C2C(=CC1OCc1cc(-c3c(C)cc(OCCCS(C)(=O)=O)nc3C)ccc1F)C[C@H]1[C@H](C(=O)O)[C@@H]21. The van der Waals surface area contributed by atoms with E-state index in [-0.39, 0.29) is 42.5 Å². The summed E-state index contributed by atoms with van der Waals surface area (Å²) in [5, 5.41) is 9.37. The van der Waals surface area contributed by atoms with Gasteiger partial charge in [-0.1, -0.05) is 18.7 Å². The highest BCUT2D eigenvalue weighted by Crippen LogP contribution is 2.63. The second-order valence-corrected chi connectivity index (χ2v) is 13.0. The quantitative estimate of drug-likeness (QED) is 0.414. The van der Waals surface area contributed by atoms with Crippen LogP contribution in [-0.4, -0.2) is 49.2 Å². The number of carbonyl (C=O) groups is 1. The highest BCUT2D eigenvalue weighted by molar-refractivity contribution is 7.90. The molecule has 3 aliphatic carbocycles. The molecule has 0 aliphatic heterocycles. The lowest BCUT2D eigenvalue weighted by Crippen LogP contribution is -2.18. The molecule has 4 atom stereocenters. The standard InChI is InChI=1S/C30H32FNO6S/c1-16-10-22-20(13-23-28(22)29(23)30(33)34)14-25(16)38-15-21-12-19(6-7-24(21)31)27-17(2)11-26(32-18(27)3)37-8-5-9-39(4,35)36/h6-7,10-12,14,23,25,28-29H,1,5,8-9,13,15H2,2-4H3,(H,33,34)/t23-,25?,28+,29+/m1/s1. The fourth-order valence-corrected chi connectivity index (χ4v) is 6.52. The van der Waals surface area contributed by atoms with Crippen LogP contribution in [-0.2, 0) is 26.0 Å². The van der Waals surface area contributed by atoms with Gasteiger partial charge in [0.2, 0.25) is 5.88 Å². The molecule has 1 N–H and O–H groups in total. The first-order chi connectivity index (χ1) is 18.4. The van der Waals surface area contributed by atoms with Crippen molar-refractivity contribution in [1.82, 2.24) is 4.98 Å². The van der Waals surface area contributed by atoms with Crippen molar-refractivity contribution in [1.29, 1.82) is 0 Å². The number of carboxylic acids is 1. The summed E-state index contributed by atoms with van der Waals surface area (Å²) in [6.45, 7) is 8.19. The number of halogens is 1. The highest BCUT2D eigenvalue weighted by Gasteiger charge is 2.61. The molecule has 1 aromatic heterocycles. The lowest BCUT2D eigenvalue weighted by molar-refractivity contribution is -0.139. The van der Waals surface area contributed by atoms with Gasteiger partial charge in [-0.2, -0.15) is 0 Å². The number of allylic oxidation sites excluding steroid dienone is 2. The van der Waals surface area contributed by atoms with Gasteiger partial charge in [0.1, 0.15) is 21.8 Å². The van der Waals surface area contributed by atoms with Crippen LogP contribution in [0.5, 0.6) is 5.88 Å². The molecule has 0 spiro atoms. The zero-order valence-corrected chi connectivity index (χ0v) is 23.1. The molecule has 1 aromatic carbocycles. The highest BCUT2D eigenvalue weighted by atomic mass is 32.2. The molecule has 7 nitrogen and oxygen atoms in total. The molecule has 2 saturated carbocycles. The smallest absolute Gasteiger partial charge is 0.307 e. The molecule has 0 bridgehead atoms. The summed E-state index contributed by atoms with van der Waals surface area (Å²) in [6, 6.07) is 6.70. The first-order valence-electron chi connectivity index (χ1n) is 13.0. The minimum atomic E-state index is -3.04. The summed E-state index contributed by atoms with van der Waals surface area (Å²) in [5.41, 5.74) is 6.63. The average Bonchev–Trinajstić information content (AvgIpc) is 3.45. The Kier molecular flexibility index (Phi) is 7.24. The molecule has 39 heavy (non-hydrogen) atoms. The number of ether oxygens (including phenoxy) is 2. The molecule has 1 heterocycles. The minimum Gasteiger partial charge on any atom is -0.481 e. The van der Waals surface area contributed by atoms with E-state index in [0.717, 1.165) is 39.8 Å². The second kappa shape index (κ2) is 10.4. The number of pyridine rings is 1. The third-order valence-corrected chi connectivity index (χ3v) is 8.76. The van der Waals surface area contributed by atoms with E-state index in [9.17, 15) is 22.7 Å². The average molecular weight is 554 g/mol. The Balaban J connectivity index is 1.26. The van der Waals surface area contributed by atoms with Gasteiger partial charge in [-0.3, -0.25) is 4.79 Å². The van der Waals surface area contributed by atoms with Crippen LogP contribution in [0.3, 0.4) is 0 Å². The summed E-state index contributed by atoms with van der Waals surface area (Å²) < 4.78 is 49.2. The van der Waals surface area contributed by atoms with Crippen molar-refractivity contribution in [3.05, 3.63) is 82.4 Å². The monoisotopic (exact) mass is 553 g/mol. The van der Waals surface area contributed by atoms with Crippen molar-refractivity contribution in [2.75, 3.05) is 18.6 Å². The van der Waals surface area contributed by atoms with Crippen molar-refractivity contribution in [2.45, 2.75) is 39.4 Å². The largest absolute Gasteiger partial charge is 0.481 e. The number of sulfone groups is 1. The zero-order chi connectivity index (χ0) is 28.1. The van der Waals surface area contributed by atoms with Crippen molar-refractivity contribution in [3.63, 3.8) is 0 Å². The van der Waals surface area contributed by atoms with E-state index in [4.69, 9.17) is 9.47 Å². The number of aliphatic carboxylic acids is 1. The maximum atomic E-state index is 14.8. The van der Waals surface area contributed by atoms with Crippen LogP contribution in [0.25, 0.3) is 11.1 Å². The topological polar surface area (TPSA) is 103 Å². The van der Waals surface area contributed by atoms with Crippen LogP contribution in [0.4, 0.5) is 4.39 Å². The Hall–Kier alpha value is -3.30. The van der Waals surface area contributed by atoms with Crippen molar-refractivity contribution in [2.24, 2.45) is 17.8 Å². The van der Waals surface area contributed by atoms with Crippen LogP contribution in [0.2, 0.25) is 0 Å². The molecular formula is C30H32FNO6S. The summed E-state index contributed by atoms with van der Waals surface area (Å²) in [7, 11) is -3.04. The Labute approximate surface area is 228 Å². The van der Waals surface area contributed by atoms with Gasteiger partial charge in [-0.25, -0.2) is 17.8 Å². The van der Waals surface area contributed by atoms with Crippen molar-refractivity contribution >= 4 is 15.8 Å². The van der Waals surface area contributed by atoms with E-state index in [1.54, 1.807) is 18.2 Å². The van der Waals surface area contributed by atoms with Gasteiger partial charge in [-0.15, -0.1) is 0 Å². The van der Waals surface area contributed by atoms with Gasteiger partial charge >= 0.3 is 5.97 Å². The molecule has 0 radical (unpaired) electrons. The Bertz CT molecular complexity index is 1500. The molecule has 0 amide bonds. The summed E-state index contributed by atoms with van der Waals surface area (Å²) in [4.78, 5) is 15.9. The van der Waals surface area contributed by atoms with E-state index in [1.165, 1.54) is 12.3 Å². The molecule has 2 aromatic rings. The number of benzene rings is 1. The van der Waals surface area contributed by atoms with Crippen LogP contribution >= 0.6 is 0 Å². The van der Waals surface area contributed by atoms with Crippen LogP contribution in [0.1, 0.15) is 29.7 Å². The molecule has 0 saturated heterocycles. The van der Waals surface area contributed by atoms with Gasteiger partial charge in [0.05, 0.1) is 24.9 Å².